The van der Waals surface area contributed by atoms with Crippen LogP contribution in [-0.4, -0.2) is 38.7 Å². The monoisotopic (exact) mass is 432 g/mol. The molecule has 30 heavy (non-hydrogen) atoms. The van der Waals surface area contributed by atoms with Gasteiger partial charge in [0.05, 0.1) is 31.2 Å². The number of ether oxygens (including phenoxy) is 2. The molecule has 1 aromatic heterocycles. The van der Waals surface area contributed by atoms with Gasteiger partial charge < -0.3 is 19.3 Å². The van der Waals surface area contributed by atoms with Gasteiger partial charge in [-0.25, -0.2) is 13.1 Å². The van der Waals surface area contributed by atoms with Crippen molar-refractivity contribution in [2.24, 2.45) is 0 Å². The predicted octanol–water partition coefficient (Wildman–Crippen LogP) is 2.19. The molecule has 11 heteroatoms. The Balaban J connectivity index is 1.71. The van der Waals surface area contributed by atoms with Crippen LogP contribution < -0.4 is 19.5 Å². The average Bonchev–Trinajstić information content (AvgIpc) is 3.20. The van der Waals surface area contributed by atoms with Crippen LogP contribution in [0.25, 0.3) is 11.4 Å². The molecule has 0 aliphatic carbocycles. The summed E-state index contributed by atoms with van der Waals surface area (Å²) in [5, 5.41) is 6.45. The van der Waals surface area contributed by atoms with Gasteiger partial charge in [0.1, 0.15) is 11.5 Å². The van der Waals surface area contributed by atoms with Gasteiger partial charge in [-0.1, -0.05) is 5.16 Å². The van der Waals surface area contributed by atoms with Crippen molar-refractivity contribution >= 4 is 21.6 Å². The van der Waals surface area contributed by atoms with Crippen LogP contribution >= 0.6 is 0 Å². The van der Waals surface area contributed by atoms with Gasteiger partial charge in [-0.15, -0.1) is 0 Å². The van der Waals surface area contributed by atoms with E-state index in [1.165, 1.54) is 38.3 Å². The van der Waals surface area contributed by atoms with Gasteiger partial charge >= 0.3 is 0 Å². The molecule has 0 atom stereocenters. The van der Waals surface area contributed by atoms with Crippen molar-refractivity contribution in [3.63, 3.8) is 0 Å². The zero-order valence-electron chi connectivity index (χ0n) is 16.5. The normalized spacial score (nSPS) is 11.2. The Labute approximate surface area is 173 Å². The average molecular weight is 432 g/mol. The maximum absolute atomic E-state index is 12.5. The molecule has 2 N–H and O–H groups in total. The summed E-state index contributed by atoms with van der Waals surface area (Å²) in [5.74, 6) is 1.19. The standard InChI is InChI=1S/C19H20N4O6S/c1-12(24)21-13-4-7-15(8-5-13)30(25,26)20-11-18-22-19(23-29-18)16-9-6-14(27-2)10-17(16)28-3/h4-10,20H,11H2,1-3H3,(H,21,24). The van der Waals surface area contributed by atoms with Crippen molar-refractivity contribution in [2.75, 3.05) is 19.5 Å². The van der Waals surface area contributed by atoms with Gasteiger partial charge in [-0.05, 0) is 36.4 Å². The maximum atomic E-state index is 12.5. The first-order valence-electron chi connectivity index (χ1n) is 8.74. The first-order chi connectivity index (χ1) is 14.3. The number of aromatic nitrogens is 2. The van der Waals surface area contributed by atoms with Crippen molar-refractivity contribution in [2.45, 2.75) is 18.4 Å². The molecule has 2 aromatic carbocycles. The minimum absolute atomic E-state index is 0.0353. The van der Waals surface area contributed by atoms with Crippen LogP contribution in [0.2, 0.25) is 0 Å². The molecule has 0 aliphatic rings. The molecule has 0 unspecified atom stereocenters. The van der Waals surface area contributed by atoms with E-state index >= 15 is 0 Å². The molecule has 0 spiro atoms. The van der Waals surface area contributed by atoms with Crippen molar-refractivity contribution in [1.82, 2.24) is 14.9 Å². The van der Waals surface area contributed by atoms with E-state index in [1.54, 1.807) is 25.3 Å². The van der Waals surface area contributed by atoms with E-state index < -0.39 is 10.0 Å². The van der Waals surface area contributed by atoms with Crippen molar-refractivity contribution in [1.29, 1.82) is 0 Å². The fourth-order valence-electron chi connectivity index (χ4n) is 2.58. The summed E-state index contributed by atoms with van der Waals surface area (Å²) < 4.78 is 43.0. The van der Waals surface area contributed by atoms with E-state index in [0.717, 1.165) is 0 Å². The number of carbonyl (C=O) groups excluding carboxylic acids is 1. The summed E-state index contributed by atoms with van der Waals surface area (Å²) >= 11 is 0. The molecular weight excluding hydrogens is 412 g/mol. The second-order valence-corrected chi connectivity index (χ2v) is 7.88. The molecule has 3 aromatic rings. The summed E-state index contributed by atoms with van der Waals surface area (Å²) in [6, 6.07) is 10.9. The largest absolute Gasteiger partial charge is 0.497 e. The molecule has 0 saturated carbocycles. The van der Waals surface area contributed by atoms with Gasteiger partial charge in [-0.2, -0.15) is 4.98 Å². The minimum atomic E-state index is -3.81. The molecule has 158 valence electrons. The fraction of sp³-hybridized carbons (Fsp3) is 0.211. The smallest absolute Gasteiger partial charge is 0.242 e. The lowest BCUT2D eigenvalue weighted by Crippen LogP contribution is -2.23. The number of carbonyl (C=O) groups is 1. The Morgan fingerprint density at radius 2 is 1.83 bits per heavy atom. The summed E-state index contributed by atoms with van der Waals surface area (Å²) in [5.41, 5.74) is 1.07. The van der Waals surface area contributed by atoms with Crippen molar-refractivity contribution < 1.29 is 27.2 Å². The highest BCUT2D eigenvalue weighted by molar-refractivity contribution is 7.89. The Morgan fingerprint density at radius 1 is 1.10 bits per heavy atom. The number of amides is 1. The molecular formula is C19H20N4O6S. The van der Waals surface area contributed by atoms with Crippen LogP contribution in [0.5, 0.6) is 11.5 Å². The fourth-order valence-corrected chi connectivity index (χ4v) is 3.55. The van der Waals surface area contributed by atoms with Crippen molar-refractivity contribution in [3.05, 3.63) is 48.4 Å². The highest BCUT2D eigenvalue weighted by Crippen LogP contribution is 2.31. The molecule has 3 rings (SSSR count). The van der Waals surface area contributed by atoms with Crippen LogP contribution in [0, 0.1) is 0 Å². The van der Waals surface area contributed by atoms with Crippen molar-refractivity contribution in [3.8, 4) is 22.9 Å². The molecule has 10 nitrogen and oxygen atoms in total. The molecule has 0 radical (unpaired) electrons. The zero-order valence-corrected chi connectivity index (χ0v) is 17.3. The number of rotatable bonds is 8. The third-order valence-corrected chi connectivity index (χ3v) is 5.43. The minimum Gasteiger partial charge on any atom is -0.497 e. The first kappa shape index (κ1) is 21.3. The van der Waals surface area contributed by atoms with Crippen LogP contribution in [-0.2, 0) is 21.4 Å². The van der Waals surface area contributed by atoms with E-state index in [1.807, 2.05) is 0 Å². The number of nitrogens with zero attached hydrogens (tertiary/aromatic N) is 2. The number of nitrogens with one attached hydrogen (secondary N) is 2. The zero-order chi connectivity index (χ0) is 21.7. The van der Waals surface area contributed by atoms with E-state index in [0.29, 0.717) is 22.7 Å². The molecule has 0 aliphatic heterocycles. The summed E-state index contributed by atoms with van der Waals surface area (Å²) in [4.78, 5) is 15.3. The van der Waals surface area contributed by atoms with Crippen LogP contribution in [0.3, 0.4) is 0 Å². The number of methoxy groups -OCH3 is 2. The number of hydrogen-bond acceptors (Lipinski definition) is 8. The third kappa shape index (κ3) is 4.93. The van der Waals surface area contributed by atoms with Gasteiger partial charge in [0, 0.05) is 18.7 Å². The molecule has 0 bridgehead atoms. The number of sulfonamides is 1. The van der Waals surface area contributed by atoms with Crippen LogP contribution in [0.15, 0.2) is 51.9 Å². The number of benzene rings is 2. The van der Waals surface area contributed by atoms with Crippen LogP contribution in [0.4, 0.5) is 5.69 Å². The number of hydrogen-bond donors (Lipinski definition) is 2. The molecule has 0 saturated heterocycles. The second-order valence-electron chi connectivity index (χ2n) is 6.11. The van der Waals surface area contributed by atoms with E-state index in [-0.39, 0.29) is 29.1 Å². The predicted molar refractivity (Wildman–Crippen MR) is 108 cm³/mol. The maximum Gasteiger partial charge on any atom is 0.242 e. The van der Waals surface area contributed by atoms with Gasteiger partial charge in [-0.3, -0.25) is 4.79 Å². The Bertz CT molecular complexity index is 1140. The number of anilines is 1. The van der Waals surface area contributed by atoms with Gasteiger partial charge in [0.25, 0.3) is 0 Å². The lowest BCUT2D eigenvalue weighted by atomic mass is 10.2. The first-order valence-corrected chi connectivity index (χ1v) is 10.2. The van der Waals surface area contributed by atoms with Gasteiger partial charge in [0.15, 0.2) is 0 Å². The molecule has 1 heterocycles. The quantitative estimate of drug-likeness (QED) is 0.553. The lowest BCUT2D eigenvalue weighted by molar-refractivity contribution is -0.114. The van der Waals surface area contributed by atoms with E-state index in [9.17, 15) is 13.2 Å². The lowest BCUT2D eigenvalue weighted by Gasteiger charge is -2.07. The van der Waals surface area contributed by atoms with Crippen LogP contribution in [0.1, 0.15) is 12.8 Å². The highest BCUT2D eigenvalue weighted by Gasteiger charge is 2.18. The summed E-state index contributed by atoms with van der Waals surface area (Å²) in [6.07, 6.45) is 0. The molecule has 0 fully saturated rings. The van der Waals surface area contributed by atoms with Gasteiger partial charge in [0.2, 0.25) is 27.6 Å². The van der Waals surface area contributed by atoms with E-state index in [2.05, 4.69) is 20.2 Å². The van der Waals surface area contributed by atoms with E-state index in [4.69, 9.17) is 14.0 Å². The summed E-state index contributed by atoms with van der Waals surface area (Å²) in [6.45, 7) is 1.17. The third-order valence-electron chi connectivity index (χ3n) is 4.02. The Hall–Kier alpha value is -3.44. The Kier molecular flexibility index (Phi) is 6.33. The SMILES string of the molecule is COc1ccc(-c2noc(CNS(=O)(=O)c3ccc(NC(C)=O)cc3)n2)c(OC)c1. The Morgan fingerprint density at radius 3 is 2.47 bits per heavy atom. The second kappa shape index (κ2) is 8.93. The molecule has 1 amide bonds. The topological polar surface area (TPSA) is 133 Å². The summed E-state index contributed by atoms with van der Waals surface area (Å²) in [7, 11) is -0.766. The highest BCUT2D eigenvalue weighted by atomic mass is 32.2.